The van der Waals surface area contributed by atoms with Crippen molar-refractivity contribution in [1.29, 1.82) is 0 Å². The fourth-order valence-electron chi connectivity index (χ4n) is 2.80. The summed E-state index contributed by atoms with van der Waals surface area (Å²) in [6, 6.07) is 10.6. The molecule has 1 aliphatic rings. The number of thioether (sulfide) groups is 1. The first kappa shape index (κ1) is 23.6. The van der Waals surface area contributed by atoms with Crippen molar-refractivity contribution in [2.45, 2.75) is 6.92 Å². The first-order valence-corrected chi connectivity index (χ1v) is 11.8. The Kier molecular flexibility index (Phi) is 8.00. The van der Waals surface area contributed by atoms with Gasteiger partial charge < -0.3 is 14.8 Å². The molecule has 3 amide bonds. The van der Waals surface area contributed by atoms with Crippen LogP contribution in [-0.2, 0) is 9.59 Å². The second-order valence-corrected chi connectivity index (χ2v) is 9.36. The molecule has 0 unspecified atom stereocenters. The van der Waals surface area contributed by atoms with Crippen molar-refractivity contribution in [2.75, 3.05) is 25.6 Å². The number of benzene rings is 2. The fraction of sp³-hybridized carbons (Fsp3) is 0.190. The predicted molar refractivity (Wildman–Crippen MR) is 132 cm³/mol. The van der Waals surface area contributed by atoms with E-state index < -0.39 is 17.1 Å². The van der Waals surface area contributed by atoms with Crippen LogP contribution >= 0.6 is 50.3 Å². The molecular formula is C21H18BrIN2O5S. The lowest BCUT2D eigenvalue weighted by Crippen LogP contribution is -2.36. The van der Waals surface area contributed by atoms with E-state index in [1.165, 1.54) is 0 Å². The van der Waals surface area contributed by atoms with Crippen LogP contribution in [0.25, 0.3) is 6.08 Å². The van der Waals surface area contributed by atoms with Crippen molar-refractivity contribution in [2.24, 2.45) is 0 Å². The number of methoxy groups -OCH3 is 1. The summed E-state index contributed by atoms with van der Waals surface area (Å²) >= 11 is 6.24. The summed E-state index contributed by atoms with van der Waals surface area (Å²) in [6.45, 7) is 1.96. The van der Waals surface area contributed by atoms with Gasteiger partial charge in [0, 0.05) is 10.2 Å². The maximum Gasteiger partial charge on any atom is 0.294 e. The van der Waals surface area contributed by atoms with Crippen LogP contribution < -0.4 is 14.8 Å². The fourth-order valence-corrected chi connectivity index (χ4v) is 4.75. The average molecular weight is 617 g/mol. The number of hydrogen-bond donors (Lipinski definition) is 1. The Hall–Kier alpha value is -2.05. The van der Waals surface area contributed by atoms with E-state index >= 15 is 0 Å². The summed E-state index contributed by atoms with van der Waals surface area (Å²) in [5, 5.41) is 2.19. The molecule has 162 valence electrons. The minimum atomic E-state index is -0.509. The summed E-state index contributed by atoms with van der Waals surface area (Å²) < 4.78 is 12.7. The topological polar surface area (TPSA) is 84.9 Å². The van der Waals surface area contributed by atoms with Gasteiger partial charge in [0.15, 0.2) is 11.5 Å². The zero-order valence-corrected chi connectivity index (χ0v) is 21.2. The van der Waals surface area contributed by atoms with E-state index in [0.29, 0.717) is 29.4 Å². The number of carbonyl (C=O) groups is 3. The van der Waals surface area contributed by atoms with E-state index in [1.54, 1.807) is 43.5 Å². The molecule has 10 heteroatoms. The van der Waals surface area contributed by atoms with Gasteiger partial charge in [-0.05, 0) is 89.3 Å². The second kappa shape index (κ2) is 10.5. The Labute approximate surface area is 205 Å². The molecule has 0 spiro atoms. The number of ether oxygens (including phenoxy) is 2. The molecule has 31 heavy (non-hydrogen) atoms. The van der Waals surface area contributed by atoms with Gasteiger partial charge >= 0.3 is 0 Å². The van der Waals surface area contributed by atoms with E-state index in [0.717, 1.165) is 24.7 Å². The minimum Gasteiger partial charge on any atom is -0.492 e. The third-order valence-corrected chi connectivity index (χ3v) is 6.37. The molecule has 7 nitrogen and oxygen atoms in total. The molecule has 1 N–H and O–H groups in total. The van der Waals surface area contributed by atoms with E-state index in [1.807, 2.05) is 13.0 Å². The molecule has 3 rings (SSSR count). The van der Waals surface area contributed by atoms with Crippen LogP contribution in [0, 0.1) is 3.57 Å². The maximum atomic E-state index is 12.7. The smallest absolute Gasteiger partial charge is 0.294 e. The van der Waals surface area contributed by atoms with E-state index in [4.69, 9.17) is 9.47 Å². The third-order valence-electron chi connectivity index (χ3n) is 4.14. The first-order valence-electron chi connectivity index (χ1n) is 9.13. The number of imide groups is 1. The highest BCUT2D eigenvalue weighted by molar-refractivity contribution is 14.1. The molecule has 1 heterocycles. The second-order valence-electron chi connectivity index (χ2n) is 6.29. The number of hydrogen-bond acceptors (Lipinski definition) is 6. The van der Waals surface area contributed by atoms with Crippen LogP contribution in [0.2, 0.25) is 0 Å². The lowest BCUT2D eigenvalue weighted by Gasteiger charge is -2.13. The highest BCUT2D eigenvalue weighted by Gasteiger charge is 2.36. The lowest BCUT2D eigenvalue weighted by molar-refractivity contribution is -0.127. The van der Waals surface area contributed by atoms with E-state index in [-0.39, 0.29) is 11.4 Å². The van der Waals surface area contributed by atoms with E-state index in [2.05, 4.69) is 43.8 Å². The van der Waals surface area contributed by atoms with Crippen LogP contribution in [0.1, 0.15) is 12.5 Å². The van der Waals surface area contributed by atoms with Crippen LogP contribution in [0.15, 0.2) is 45.8 Å². The van der Waals surface area contributed by atoms with Crippen molar-refractivity contribution in [3.8, 4) is 11.5 Å². The zero-order chi connectivity index (χ0) is 22.5. The van der Waals surface area contributed by atoms with Gasteiger partial charge in [0.25, 0.3) is 11.1 Å². The monoisotopic (exact) mass is 616 g/mol. The highest BCUT2D eigenvalue weighted by Crippen LogP contribution is 2.37. The molecular weight excluding hydrogens is 599 g/mol. The SMILES string of the molecule is CCOc1cc(/C=C2/SC(=O)N(CC(=O)Nc3ccc(Br)cc3)C2=O)cc(I)c1OC. The molecule has 0 aliphatic carbocycles. The Morgan fingerprint density at radius 1 is 1.26 bits per heavy atom. The summed E-state index contributed by atoms with van der Waals surface area (Å²) in [7, 11) is 1.56. The number of carbonyl (C=O) groups excluding carboxylic acids is 3. The summed E-state index contributed by atoms with van der Waals surface area (Å²) in [6.07, 6.45) is 1.61. The van der Waals surface area contributed by atoms with Gasteiger partial charge in [0.2, 0.25) is 5.91 Å². The van der Waals surface area contributed by atoms with Crippen molar-refractivity contribution in [1.82, 2.24) is 4.90 Å². The van der Waals surface area contributed by atoms with Gasteiger partial charge in [-0.15, -0.1) is 0 Å². The molecule has 2 aromatic carbocycles. The van der Waals surface area contributed by atoms with Crippen LogP contribution in [0.5, 0.6) is 11.5 Å². The summed E-state index contributed by atoms with van der Waals surface area (Å²) in [5.41, 5.74) is 1.27. The Balaban J connectivity index is 1.75. The number of rotatable bonds is 7. The normalized spacial score (nSPS) is 14.8. The third kappa shape index (κ3) is 5.80. The Morgan fingerprint density at radius 2 is 1.97 bits per heavy atom. The Bertz CT molecular complexity index is 1060. The first-order chi connectivity index (χ1) is 14.8. The van der Waals surface area contributed by atoms with Gasteiger partial charge in [-0.25, -0.2) is 0 Å². The van der Waals surface area contributed by atoms with E-state index in [9.17, 15) is 14.4 Å². The van der Waals surface area contributed by atoms with Gasteiger partial charge in [-0.3, -0.25) is 19.3 Å². The largest absolute Gasteiger partial charge is 0.492 e. The van der Waals surface area contributed by atoms with Crippen LogP contribution in [0.4, 0.5) is 10.5 Å². The van der Waals surface area contributed by atoms with Gasteiger partial charge in [-0.2, -0.15) is 0 Å². The molecule has 0 radical (unpaired) electrons. The zero-order valence-electron chi connectivity index (χ0n) is 16.6. The van der Waals surface area contributed by atoms with Crippen molar-refractivity contribution < 1.29 is 23.9 Å². The molecule has 1 saturated heterocycles. The molecule has 0 bridgehead atoms. The summed E-state index contributed by atoms with van der Waals surface area (Å²) in [4.78, 5) is 38.6. The minimum absolute atomic E-state index is 0.241. The molecule has 0 aromatic heterocycles. The van der Waals surface area contributed by atoms with Crippen molar-refractivity contribution in [3.63, 3.8) is 0 Å². The lowest BCUT2D eigenvalue weighted by atomic mass is 10.2. The molecule has 0 saturated carbocycles. The van der Waals surface area contributed by atoms with Gasteiger partial charge in [0.1, 0.15) is 6.54 Å². The average Bonchev–Trinajstić information content (AvgIpc) is 2.97. The summed E-state index contributed by atoms with van der Waals surface area (Å²) in [5.74, 6) is 0.196. The number of amides is 3. The number of nitrogens with zero attached hydrogens (tertiary/aromatic N) is 1. The quantitative estimate of drug-likeness (QED) is 0.343. The number of nitrogens with one attached hydrogen (secondary N) is 1. The number of halogens is 2. The standard InChI is InChI=1S/C21H18BrIN2O5S/c1-3-30-16-9-12(8-15(23)19(16)29-2)10-17-20(27)25(21(28)31-17)11-18(26)24-14-6-4-13(22)5-7-14/h4-10H,3,11H2,1-2H3,(H,24,26)/b17-10+. The van der Waals surface area contributed by atoms with Gasteiger partial charge in [-0.1, -0.05) is 15.9 Å². The van der Waals surface area contributed by atoms with Crippen molar-refractivity contribution >= 4 is 79.1 Å². The number of anilines is 1. The van der Waals surface area contributed by atoms with Crippen LogP contribution in [0.3, 0.4) is 0 Å². The molecule has 1 fully saturated rings. The highest BCUT2D eigenvalue weighted by atomic mass is 127. The molecule has 2 aromatic rings. The van der Waals surface area contributed by atoms with Crippen LogP contribution in [-0.4, -0.2) is 42.2 Å². The van der Waals surface area contributed by atoms with Gasteiger partial charge in [0.05, 0.1) is 22.2 Å². The maximum absolute atomic E-state index is 12.7. The van der Waals surface area contributed by atoms with Crippen molar-refractivity contribution in [3.05, 3.63) is 54.9 Å². The Morgan fingerprint density at radius 3 is 2.61 bits per heavy atom. The molecule has 1 aliphatic heterocycles. The molecule has 0 atom stereocenters. The predicted octanol–water partition coefficient (Wildman–Crippen LogP) is 5.14.